The molecule has 4 nitrogen and oxygen atoms in total. The molecule has 0 saturated carbocycles. The van der Waals surface area contributed by atoms with Gasteiger partial charge in [-0.1, -0.05) is 98.3 Å². The summed E-state index contributed by atoms with van der Waals surface area (Å²) in [5.41, 5.74) is 5.04. The van der Waals surface area contributed by atoms with Gasteiger partial charge in [0.05, 0.1) is 18.5 Å². The molecule has 0 atom stereocenters. The Balaban J connectivity index is 1.48. The molecular weight excluding hydrogens is 466 g/mol. The predicted molar refractivity (Wildman–Crippen MR) is 157 cm³/mol. The number of unbranched alkanes of at least 4 members (excludes halogenated alkanes) is 1. The normalized spacial score (nSPS) is 11.3. The SMILES string of the molecule is CCCCn1c(CN(Cc2ccc(OCC)cc2)Cc2cccc3ccccc23)cnc1-c1ccccc1. The number of fused-ring (bicyclic) bond motifs is 1. The maximum Gasteiger partial charge on any atom is 0.140 e. The molecule has 0 fully saturated rings. The first-order chi connectivity index (χ1) is 18.7. The van der Waals surface area contributed by atoms with E-state index in [1.807, 2.05) is 6.92 Å². The van der Waals surface area contributed by atoms with Gasteiger partial charge in [0, 0.05) is 31.7 Å². The first-order valence-electron chi connectivity index (χ1n) is 13.8. The lowest BCUT2D eigenvalue weighted by Crippen LogP contribution is -2.24. The van der Waals surface area contributed by atoms with Crippen molar-refractivity contribution in [2.24, 2.45) is 0 Å². The Morgan fingerprint density at radius 1 is 0.763 bits per heavy atom. The van der Waals surface area contributed by atoms with Crippen molar-refractivity contribution in [3.05, 3.63) is 120 Å². The van der Waals surface area contributed by atoms with Crippen LogP contribution >= 0.6 is 0 Å². The standard InChI is InChI=1S/C34H37N3O/c1-3-5-22-37-31(23-35-34(37)29-13-7-6-8-14-29)26-36(24-27-18-20-32(21-19-27)38-4-2)25-30-16-11-15-28-12-9-10-17-33(28)30/h6-21,23H,3-5,22,24-26H2,1-2H3. The van der Waals surface area contributed by atoms with Crippen LogP contribution in [0.15, 0.2) is 103 Å². The summed E-state index contributed by atoms with van der Waals surface area (Å²) in [6.45, 7) is 8.44. The molecule has 0 aliphatic carbocycles. The van der Waals surface area contributed by atoms with E-state index in [0.29, 0.717) is 6.61 Å². The minimum atomic E-state index is 0.679. The third-order valence-electron chi connectivity index (χ3n) is 7.01. The van der Waals surface area contributed by atoms with Crippen LogP contribution in [0.5, 0.6) is 5.75 Å². The van der Waals surface area contributed by atoms with E-state index >= 15 is 0 Å². The average molecular weight is 504 g/mol. The maximum absolute atomic E-state index is 5.68. The van der Waals surface area contributed by atoms with Gasteiger partial charge in [0.15, 0.2) is 0 Å². The van der Waals surface area contributed by atoms with Crippen LogP contribution in [0.2, 0.25) is 0 Å². The molecule has 0 radical (unpaired) electrons. The van der Waals surface area contributed by atoms with E-state index in [0.717, 1.165) is 50.6 Å². The van der Waals surface area contributed by atoms with E-state index in [2.05, 4.69) is 120 Å². The van der Waals surface area contributed by atoms with Crippen molar-refractivity contribution < 1.29 is 4.74 Å². The number of hydrogen-bond acceptors (Lipinski definition) is 3. The van der Waals surface area contributed by atoms with Crippen molar-refractivity contribution in [3.63, 3.8) is 0 Å². The molecule has 1 heterocycles. The Hall–Kier alpha value is -3.89. The topological polar surface area (TPSA) is 30.3 Å². The van der Waals surface area contributed by atoms with E-state index in [1.165, 1.54) is 33.2 Å². The van der Waals surface area contributed by atoms with Crippen molar-refractivity contribution in [3.8, 4) is 17.1 Å². The van der Waals surface area contributed by atoms with Crippen LogP contribution in [0.1, 0.15) is 43.5 Å². The molecule has 0 spiro atoms. The number of rotatable bonds is 12. The van der Waals surface area contributed by atoms with Gasteiger partial charge in [-0.05, 0) is 47.4 Å². The zero-order valence-electron chi connectivity index (χ0n) is 22.5. The predicted octanol–water partition coefficient (Wildman–Crippen LogP) is 8.10. The van der Waals surface area contributed by atoms with E-state index < -0.39 is 0 Å². The zero-order valence-corrected chi connectivity index (χ0v) is 22.5. The van der Waals surface area contributed by atoms with Gasteiger partial charge in [0.25, 0.3) is 0 Å². The van der Waals surface area contributed by atoms with Crippen molar-refractivity contribution in [1.29, 1.82) is 0 Å². The molecule has 0 amide bonds. The Labute approximate surface area is 226 Å². The third kappa shape index (κ3) is 6.15. The summed E-state index contributed by atoms with van der Waals surface area (Å²) in [4.78, 5) is 7.44. The van der Waals surface area contributed by atoms with Crippen LogP contribution in [0, 0.1) is 0 Å². The lowest BCUT2D eigenvalue weighted by molar-refractivity contribution is 0.241. The van der Waals surface area contributed by atoms with Gasteiger partial charge >= 0.3 is 0 Å². The average Bonchev–Trinajstić information content (AvgIpc) is 3.35. The fourth-order valence-electron chi connectivity index (χ4n) is 5.10. The highest BCUT2D eigenvalue weighted by Gasteiger charge is 2.17. The third-order valence-corrected chi connectivity index (χ3v) is 7.01. The summed E-state index contributed by atoms with van der Waals surface area (Å²) >= 11 is 0. The molecule has 194 valence electrons. The monoisotopic (exact) mass is 503 g/mol. The Kier molecular flexibility index (Phi) is 8.52. The quantitative estimate of drug-likeness (QED) is 0.172. The van der Waals surface area contributed by atoms with E-state index in [1.54, 1.807) is 0 Å². The molecule has 0 N–H and O–H groups in total. The molecule has 1 aromatic heterocycles. The summed E-state index contributed by atoms with van der Waals surface area (Å²) in [6.07, 6.45) is 4.36. The molecule has 38 heavy (non-hydrogen) atoms. The molecule has 0 aliphatic heterocycles. The van der Waals surface area contributed by atoms with Crippen molar-refractivity contribution in [1.82, 2.24) is 14.5 Å². The van der Waals surface area contributed by atoms with E-state index in [4.69, 9.17) is 9.72 Å². The number of benzene rings is 4. The highest BCUT2D eigenvalue weighted by Crippen LogP contribution is 2.25. The lowest BCUT2D eigenvalue weighted by atomic mass is 10.0. The van der Waals surface area contributed by atoms with Crippen LogP contribution in [-0.4, -0.2) is 21.1 Å². The molecule has 5 aromatic rings. The number of nitrogens with zero attached hydrogens (tertiary/aromatic N) is 3. The summed E-state index contributed by atoms with van der Waals surface area (Å²) in [5, 5.41) is 2.60. The smallest absolute Gasteiger partial charge is 0.140 e. The van der Waals surface area contributed by atoms with Crippen LogP contribution in [-0.2, 0) is 26.2 Å². The molecule has 0 unspecified atom stereocenters. The van der Waals surface area contributed by atoms with Gasteiger partial charge in [-0.3, -0.25) is 4.90 Å². The van der Waals surface area contributed by atoms with E-state index in [-0.39, 0.29) is 0 Å². The van der Waals surface area contributed by atoms with Crippen LogP contribution in [0.3, 0.4) is 0 Å². The molecule has 4 heteroatoms. The fourth-order valence-corrected chi connectivity index (χ4v) is 5.10. The second kappa shape index (κ2) is 12.6. The van der Waals surface area contributed by atoms with Crippen molar-refractivity contribution in [2.45, 2.75) is 52.9 Å². The fraction of sp³-hybridized carbons (Fsp3) is 0.265. The van der Waals surface area contributed by atoms with Crippen molar-refractivity contribution in [2.75, 3.05) is 6.61 Å². The summed E-state index contributed by atoms with van der Waals surface area (Å²) in [6, 6.07) is 34.4. The van der Waals surface area contributed by atoms with Crippen molar-refractivity contribution >= 4 is 10.8 Å². The number of hydrogen-bond donors (Lipinski definition) is 0. The van der Waals surface area contributed by atoms with Gasteiger partial charge in [0.2, 0.25) is 0 Å². The summed E-state index contributed by atoms with van der Waals surface area (Å²) in [5.74, 6) is 1.97. The van der Waals surface area contributed by atoms with Gasteiger partial charge in [-0.15, -0.1) is 0 Å². The Morgan fingerprint density at radius 3 is 2.32 bits per heavy atom. The van der Waals surface area contributed by atoms with Gasteiger partial charge in [0.1, 0.15) is 11.6 Å². The maximum atomic E-state index is 5.68. The Morgan fingerprint density at radius 2 is 1.53 bits per heavy atom. The number of imidazole rings is 1. The number of aromatic nitrogens is 2. The van der Waals surface area contributed by atoms with Gasteiger partial charge in [-0.25, -0.2) is 4.98 Å². The van der Waals surface area contributed by atoms with Crippen LogP contribution in [0.25, 0.3) is 22.2 Å². The molecule has 0 bridgehead atoms. The molecule has 0 aliphatic rings. The van der Waals surface area contributed by atoms with Gasteiger partial charge < -0.3 is 9.30 Å². The van der Waals surface area contributed by atoms with Crippen LogP contribution < -0.4 is 4.74 Å². The minimum absolute atomic E-state index is 0.679. The molecule has 5 rings (SSSR count). The first kappa shape index (κ1) is 25.7. The number of ether oxygens (including phenoxy) is 1. The second-order valence-corrected chi connectivity index (χ2v) is 9.80. The van der Waals surface area contributed by atoms with Crippen LogP contribution in [0.4, 0.5) is 0 Å². The highest BCUT2D eigenvalue weighted by molar-refractivity contribution is 5.85. The highest BCUT2D eigenvalue weighted by atomic mass is 16.5. The first-order valence-corrected chi connectivity index (χ1v) is 13.8. The van der Waals surface area contributed by atoms with E-state index in [9.17, 15) is 0 Å². The largest absolute Gasteiger partial charge is 0.494 e. The lowest BCUT2D eigenvalue weighted by Gasteiger charge is -2.24. The molecular formula is C34H37N3O. The molecule has 4 aromatic carbocycles. The Bertz CT molecular complexity index is 1430. The van der Waals surface area contributed by atoms with Gasteiger partial charge in [-0.2, -0.15) is 0 Å². The summed E-state index contributed by atoms with van der Waals surface area (Å²) in [7, 11) is 0. The zero-order chi connectivity index (χ0) is 26.2. The summed E-state index contributed by atoms with van der Waals surface area (Å²) < 4.78 is 8.10. The second-order valence-electron chi connectivity index (χ2n) is 9.80. The molecule has 0 saturated heterocycles. The minimum Gasteiger partial charge on any atom is -0.494 e.